The normalized spacial score (nSPS) is 10.1. The Hall–Kier alpha value is -1.90. The number of rotatable bonds is 6. The average Bonchev–Trinajstić information content (AvgIpc) is 2.48. The van der Waals surface area contributed by atoms with Crippen LogP contribution in [0.15, 0.2) is 18.3 Å². The lowest BCUT2D eigenvalue weighted by atomic mass is 10.1. The Kier molecular flexibility index (Phi) is 7.44. The molecule has 0 saturated carbocycles. The maximum atomic E-state index is 12.7. The van der Waals surface area contributed by atoms with Gasteiger partial charge in [-0.1, -0.05) is 18.8 Å². The number of likely N-dealkylation sites (N-methyl/N-ethyl adjacent to an activating group) is 1. The van der Waals surface area contributed by atoms with E-state index in [9.17, 15) is 4.79 Å². The van der Waals surface area contributed by atoms with E-state index in [1.165, 1.54) is 0 Å². The summed E-state index contributed by atoms with van der Waals surface area (Å²) in [7, 11) is 3.99. The molecule has 0 aliphatic rings. The van der Waals surface area contributed by atoms with E-state index in [1.807, 2.05) is 19.0 Å². The molecule has 21 heavy (non-hydrogen) atoms. The van der Waals surface area contributed by atoms with Crippen LogP contribution in [0.3, 0.4) is 0 Å². The summed E-state index contributed by atoms with van der Waals surface area (Å²) in [5.74, 6) is 5.63. The molecule has 1 aromatic rings. The Morgan fingerprint density at radius 2 is 2.10 bits per heavy atom. The summed E-state index contributed by atoms with van der Waals surface area (Å²) in [6.45, 7) is 4.54. The van der Waals surface area contributed by atoms with Crippen LogP contribution >= 0.6 is 0 Å². The smallest absolute Gasteiger partial charge is 0.273 e. The third-order valence-corrected chi connectivity index (χ3v) is 2.93. The molecule has 1 rings (SSSR count). The van der Waals surface area contributed by atoms with Crippen molar-refractivity contribution in [2.75, 3.05) is 40.3 Å². The Bertz CT molecular complexity index is 516. The fraction of sp³-hybridized carbons (Fsp3) is 0.500. The van der Waals surface area contributed by atoms with Crippen LogP contribution in [0.4, 0.5) is 0 Å². The van der Waals surface area contributed by atoms with Crippen LogP contribution in [-0.2, 0) is 0 Å². The predicted molar refractivity (Wildman–Crippen MR) is 84.9 cm³/mol. The quantitative estimate of drug-likeness (QED) is 0.787. The van der Waals surface area contributed by atoms with Crippen molar-refractivity contribution < 1.29 is 4.79 Å². The molecule has 0 spiro atoms. The van der Waals surface area contributed by atoms with Crippen LogP contribution in [0.2, 0.25) is 0 Å². The summed E-state index contributed by atoms with van der Waals surface area (Å²) in [6, 6.07) is 3.58. The van der Waals surface area contributed by atoms with E-state index in [4.69, 9.17) is 5.73 Å². The first-order valence-corrected chi connectivity index (χ1v) is 7.18. The van der Waals surface area contributed by atoms with Crippen molar-refractivity contribution in [3.05, 3.63) is 29.6 Å². The van der Waals surface area contributed by atoms with Crippen molar-refractivity contribution in [1.29, 1.82) is 0 Å². The van der Waals surface area contributed by atoms with Gasteiger partial charge in [-0.15, -0.1) is 0 Å². The SMILES string of the molecule is CCCN(CCN(C)C)C(=O)c1ncccc1C#CCN. The molecule has 5 nitrogen and oxygen atoms in total. The maximum Gasteiger partial charge on any atom is 0.273 e. The summed E-state index contributed by atoms with van der Waals surface area (Å²) < 4.78 is 0. The summed E-state index contributed by atoms with van der Waals surface area (Å²) in [5, 5.41) is 0. The first kappa shape index (κ1) is 17.2. The monoisotopic (exact) mass is 288 g/mol. The van der Waals surface area contributed by atoms with Crippen LogP contribution in [-0.4, -0.2) is 61.0 Å². The van der Waals surface area contributed by atoms with E-state index in [-0.39, 0.29) is 12.5 Å². The zero-order valence-corrected chi connectivity index (χ0v) is 13.1. The molecule has 0 atom stereocenters. The van der Waals surface area contributed by atoms with E-state index in [0.29, 0.717) is 24.3 Å². The highest BCUT2D eigenvalue weighted by molar-refractivity contribution is 5.94. The molecule has 0 bridgehead atoms. The Morgan fingerprint density at radius 3 is 2.71 bits per heavy atom. The third kappa shape index (κ3) is 5.54. The Labute approximate surface area is 127 Å². The van der Waals surface area contributed by atoms with Gasteiger partial charge in [-0.05, 0) is 32.6 Å². The van der Waals surface area contributed by atoms with Gasteiger partial charge in [-0.2, -0.15) is 0 Å². The van der Waals surface area contributed by atoms with Crippen molar-refractivity contribution in [2.24, 2.45) is 5.73 Å². The molecule has 0 fully saturated rings. The van der Waals surface area contributed by atoms with E-state index in [1.54, 1.807) is 18.3 Å². The number of hydrogen-bond acceptors (Lipinski definition) is 4. The van der Waals surface area contributed by atoms with Crippen molar-refractivity contribution in [1.82, 2.24) is 14.8 Å². The topological polar surface area (TPSA) is 62.5 Å². The molecule has 1 amide bonds. The Balaban J connectivity index is 2.97. The lowest BCUT2D eigenvalue weighted by molar-refractivity contribution is 0.0739. The summed E-state index contributed by atoms with van der Waals surface area (Å²) in [5.41, 5.74) is 6.44. The zero-order chi connectivity index (χ0) is 15.7. The Morgan fingerprint density at radius 1 is 1.33 bits per heavy atom. The third-order valence-electron chi connectivity index (χ3n) is 2.93. The number of hydrogen-bond donors (Lipinski definition) is 1. The molecule has 114 valence electrons. The second-order valence-electron chi connectivity index (χ2n) is 5.00. The van der Waals surface area contributed by atoms with Crippen LogP contribution < -0.4 is 5.73 Å². The summed E-state index contributed by atoms with van der Waals surface area (Å²) >= 11 is 0. The number of nitrogens with zero attached hydrogens (tertiary/aromatic N) is 3. The highest BCUT2D eigenvalue weighted by atomic mass is 16.2. The lowest BCUT2D eigenvalue weighted by Crippen LogP contribution is -2.38. The number of amides is 1. The first-order valence-electron chi connectivity index (χ1n) is 7.18. The number of carbonyl (C=O) groups excluding carboxylic acids is 1. The van der Waals surface area contributed by atoms with Gasteiger partial charge in [0, 0.05) is 25.8 Å². The number of carbonyl (C=O) groups is 1. The van der Waals surface area contributed by atoms with E-state index in [0.717, 1.165) is 13.0 Å². The summed E-state index contributed by atoms with van der Waals surface area (Å²) in [6.07, 6.45) is 2.53. The van der Waals surface area contributed by atoms with Crippen molar-refractivity contribution >= 4 is 5.91 Å². The second-order valence-corrected chi connectivity index (χ2v) is 5.00. The number of aromatic nitrogens is 1. The molecule has 0 aliphatic carbocycles. The minimum Gasteiger partial charge on any atom is -0.336 e. The van der Waals surface area contributed by atoms with E-state index in [2.05, 4.69) is 28.6 Å². The minimum absolute atomic E-state index is 0.0689. The van der Waals surface area contributed by atoms with Gasteiger partial charge in [0.2, 0.25) is 0 Å². The largest absolute Gasteiger partial charge is 0.336 e. The van der Waals surface area contributed by atoms with E-state index >= 15 is 0 Å². The standard InChI is InChI=1S/C16H24N4O/c1-4-11-20(13-12-19(2)3)16(21)15-14(7-5-9-17)8-6-10-18-15/h6,8,10H,4,9,11-13,17H2,1-3H3. The number of pyridine rings is 1. The van der Waals surface area contributed by atoms with Crippen LogP contribution in [0, 0.1) is 11.8 Å². The highest BCUT2D eigenvalue weighted by Gasteiger charge is 2.18. The molecular formula is C16H24N4O. The van der Waals surface area contributed by atoms with Crippen molar-refractivity contribution in [3.63, 3.8) is 0 Å². The number of nitrogens with two attached hydrogens (primary N) is 1. The van der Waals surface area contributed by atoms with Gasteiger partial charge in [0.05, 0.1) is 12.1 Å². The van der Waals surface area contributed by atoms with E-state index < -0.39 is 0 Å². The van der Waals surface area contributed by atoms with Crippen LogP contribution in [0.5, 0.6) is 0 Å². The fourth-order valence-corrected chi connectivity index (χ4v) is 1.88. The maximum absolute atomic E-state index is 12.7. The molecule has 0 saturated heterocycles. The molecule has 2 N–H and O–H groups in total. The molecule has 0 unspecified atom stereocenters. The zero-order valence-electron chi connectivity index (χ0n) is 13.1. The highest BCUT2D eigenvalue weighted by Crippen LogP contribution is 2.08. The van der Waals surface area contributed by atoms with Crippen molar-refractivity contribution in [3.8, 4) is 11.8 Å². The molecule has 0 aromatic carbocycles. The second kappa shape index (κ2) is 9.11. The molecule has 1 aromatic heterocycles. The lowest BCUT2D eigenvalue weighted by Gasteiger charge is -2.24. The summed E-state index contributed by atoms with van der Waals surface area (Å²) in [4.78, 5) is 20.8. The molecule has 1 heterocycles. The molecular weight excluding hydrogens is 264 g/mol. The predicted octanol–water partition coefficient (Wildman–Crippen LogP) is 0.806. The molecule has 0 radical (unpaired) electrons. The van der Waals surface area contributed by atoms with Crippen LogP contribution in [0.1, 0.15) is 29.4 Å². The van der Waals surface area contributed by atoms with Crippen molar-refractivity contribution in [2.45, 2.75) is 13.3 Å². The van der Waals surface area contributed by atoms with Gasteiger partial charge in [-0.25, -0.2) is 4.98 Å². The fourth-order valence-electron chi connectivity index (χ4n) is 1.88. The van der Waals surface area contributed by atoms with Gasteiger partial charge in [-0.3, -0.25) is 4.79 Å². The first-order chi connectivity index (χ1) is 10.1. The van der Waals surface area contributed by atoms with Gasteiger partial charge in [0.25, 0.3) is 5.91 Å². The van der Waals surface area contributed by atoms with Gasteiger partial charge in [0.1, 0.15) is 5.69 Å². The molecule has 5 heteroatoms. The van der Waals surface area contributed by atoms with Gasteiger partial charge < -0.3 is 15.5 Å². The van der Waals surface area contributed by atoms with Gasteiger partial charge in [0.15, 0.2) is 0 Å². The van der Waals surface area contributed by atoms with Gasteiger partial charge >= 0.3 is 0 Å². The average molecular weight is 288 g/mol. The van der Waals surface area contributed by atoms with Crippen LogP contribution in [0.25, 0.3) is 0 Å². The minimum atomic E-state index is -0.0689. The molecule has 0 aliphatic heterocycles.